The largest absolute Gasteiger partial charge is 0.493 e. The lowest BCUT2D eigenvalue weighted by molar-refractivity contribution is -0.142. The molecular formula is C26H37NO4. The van der Waals surface area contributed by atoms with Crippen LogP contribution in [0.25, 0.3) is 0 Å². The first-order chi connectivity index (χ1) is 14.6. The van der Waals surface area contributed by atoms with Crippen LogP contribution in [0.3, 0.4) is 0 Å². The molecule has 0 aromatic heterocycles. The number of methoxy groups -OCH3 is 1. The van der Waals surface area contributed by atoms with Crippen molar-refractivity contribution >= 4 is 5.91 Å². The van der Waals surface area contributed by atoms with Crippen LogP contribution >= 0.6 is 0 Å². The molecule has 170 valence electrons. The molecule has 1 unspecified atom stereocenters. The highest BCUT2D eigenvalue weighted by atomic mass is 16.5. The van der Waals surface area contributed by atoms with Crippen LogP contribution in [0.4, 0.5) is 0 Å². The molecule has 2 rings (SSSR count). The maximum atomic E-state index is 13.1. The van der Waals surface area contributed by atoms with Crippen molar-refractivity contribution in [3.05, 3.63) is 65.7 Å². The predicted octanol–water partition coefficient (Wildman–Crippen LogP) is 4.99. The molecule has 0 spiro atoms. The third-order valence-corrected chi connectivity index (χ3v) is 5.80. The average molecular weight is 428 g/mol. The van der Waals surface area contributed by atoms with Crippen LogP contribution in [0.15, 0.2) is 54.6 Å². The summed E-state index contributed by atoms with van der Waals surface area (Å²) in [7, 11) is 1.61. The maximum Gasteiger partial charge on any atom is 0.256 e. The third-order valence-electron chi connectivity index (χ3n) is 5.80. The van der Waals surface area contributed by atoms with Gasteiger partial charge in [0.15, 0.2) is 5.60 Å². The second-order valence-electron chi connectivity index (χ2n) is 8.93. The average Bonchev–Trinajstić information content (AvgIpc) is 2.77. The molecule has 2 aromatic rings. The van der Waals surface area contributed by atoms with E-state index in [4.69, 9.17) is 9.47 Å². The van der Waals surface area contributed by atoms with Gasteiger partial charge in [0.2, 0.25) is 0 Å². The number of hydrogen-bond donors (Lipinski definition) is 2. The highest BCUT2D eigenvalue weighted by Gasteiger charge is 2.38. The van der Waals surface area contributed by atoms with Crippen LogP contribution in [-0.2, 0) is 15.1 Å². The van der Waals surface area contributed by atoms with Gasteiger partial charge in [-0.15, -0.1) is 0 Å². The fourth-order valence-corrected chi connectivity index (χ4v) is 3.51. The summed E-state index contributed by atoms with van der Waals surface area (Å²) in [6, 6.07) is 16.1. The number of ether oxygens (including phenoxy) is 2. The van der Waals surface area contributed by atoms with Gasteiger partial charge in [0.05, 0.1) is 18.2 Å². The zero-order valence-electron chi connectivity index (χ0n) is 19.6. The summed E-state index contributed by atoms with van der Waals surface area (Å²) in [6.07, 6.45) is 2.28. The van der Waals surface area contributed by atoms with Gasteiger partial charge >= 0.3 is 0 Å². The molecule has 0 aliphatic rings. The molecule has 2 N–H and O–H groups in total. The quantitative estimate of drug-likeness (QED) is 0.530. The molecule has 3 atom stereocenters. The van der Waals surface area contributed by atoms with E-state index in [1.165, 1.54) is 6.92 Å². The fourth-order valence-electron chi connectivity index (χ4n) is 3.51. The minimum atomic E-state index is -1.66. The molecule has 5 nitrogen and oxygen atoms in total. The monoisotopic (exact) mass is 427 g/mol. The number of amides is 1. The van der Waals surface area contributed by atoms with Crippen molar-refractivity contribution < 1.29 is 19.4 Å². The van der Waals surface area contributed by atoms with E-state index in [1.54, 1.807) is 31.4 Å². The number of aliphatic hydroxyl groups is 1. The van der Waals surface area contributed by atoms with Crippen molar-refractivity contribution in [1.29, 1.82) is 0 Å². The molecule has 0 aliphatic carbocycles. The van der Waals surface area contributed by atoms with Crippen molar-refractivity contribution in [2.75, 3.05) is 13.7 Å². The van der Waals surface area contributed by atoms with Crippen LogP contribution in [0.5, 0.6) is 5.75 Å². The summed E-state index contributed by atoms with van der Waals surface area (Å²) in [4.78, 5) is 13.1. The summed E-state index contributed by atoms with van der Waals surface area (Å²) in [5.41, 5.74) is -0.952. The summed E-state index contributed by atoms with van der Waals surface area (Å²) < 4.78 is 11.6. The highest BCUT2D eigenvalue weighted by molar-refractivity contribution is 5.86. The number of nitrogens with one attached hydrogen (secondary N) is 1. The Morgan fingerprint density at radius 3 is 2.23 bits per heavy atom. The Bertz CT molecular complexity index is 815. The van der Waals surface area contributed by atoms with Gasteiger partial charge in [0.25, 0.3) is 5.91 Å². The van der Waals surface area contributed by atoms with E-state index in [0.717, 1.165) is 24.2 Å². The van der Waals surface area contributed by atoms with Crippen LogP contribution in [-0.4, -0.2) is 30.3 Å². The molecule has 0 radical (unpaired) electrons. The molecule has 31 heavy (non-hydrogen) atoms. The Morgan fingerprint density at radius 2 is 1.68 bits per heavy atom. The standard InChI is InChI=1S/C26H37NO4/c1-7-11-19(2)18-31-22-16-14-20(15-17-22)23(25(3,4)30-6)27-24(28)26(5,29)21-12-9-8-10-13-21/h8-10,12-17,19,23,29H,7,11,18H2,1-6H3,(H,27,28)/t19?,23-,26-/m1/s1. The van der Waals surface area contributed by atoms with Crippen molar-refractivity contribution in [3.63, 3.8) is 0 Å². The molecule has 0 heterocycles. The number of hydrogen-bond acceptors (Lipinski definition) is 4. The SMILES string of the molecule is CCCC(C)COc1ccc([C@@H](NC(=O)[C@](C)(O)c2ccccc2)C(C)(C)OC)cc1. The zero-order chi connectivity index (χ0) is 23.1. The Labute approximate surface area is 186 Å². The number of rotatable bonds is 11. The zero-order valence-corrected chi connectivity index (χ0v) is 19.6. The summed E-state index contributed by atoms with van der Waals surface area (Å²) >= 11 is 0. The molecule has 0 saturated heterocycles. The molecule has 5 heteroatoms. The molecule has 0 aliphatic heterocycles. The minimum absolute atomic E-state index is 0.465. The molecular weight excluding hydrogens is 390 g/mol. The topological polar surface area (TPSA) is 67.8 Å². The van der Waals surface area contributed by atoms with Gasteiger partial charge in [-0.1, -0.05) is 62.7 Å². The van der Waals surface area contributed by atoms with Crippen LogP contribution in [0.1, 0.15) is 64.6 Å². The lowest BCUT2D eigenvalue weighted by Crippen LogP contribution is -2.49. The first-order valence-corrected chi connectivity index (χ1v) is 11.0. The number of carbonyl (C=O) groups is 1. The van der Waals surface area contributed by atoms with Crippen LogP contribution in [0.2, 0.25) is 0 Å². The number of carbonyl (C=O) groups excluding carboxylic acids is 1. The van der Waals surface area contributed by atoms with Gasteiger partial charge in [-0.05, 0) is 56.4 Å². The normalized spacial score (nSPS) is 15.6. The van der Waals surface area contributed by atoms with Crippen molar-refractivity contribution in [1.82, 2.24) is 5.32 Å². The van der Waals surface area contributed by atoms with Crippen molar-refractivity contribution in [2.45, 2.75) is 64.7 Å². The van der Waals surface area contributed by atoms with E-state index in [0.29, 0.717) is 18.1 Å². The van der Waals surface area contributed by atoms with Crippen LogP contribution < -0.4 is 10.1 Å². The van der Waals surface area contributed by atoms with E-state index in [-0.39, 0.29) is 0 Å². The molecule has 0 fully saturated rings. The Hall–Kier alpha value is -2.37. The van der Waals surface area contributed by atoms with Gasteiger partial charge < -0.3 is 19.9 Å². The molecule has 1 amide bonds. The minimum Gasteiger partial charge on any atom is -0.493 e. The summed E-state index contributed by atoms with van der Waals surface area (Å²) in [6.45, 7) is 10.4. The summed E-state index contributed by atoms with van der Waals surface area (Å²) in [5.74, 6) is 0.815. The summed E-state index contributed by atoms with van der Waals surface area (Å²) in [5, 5.41) is 13.9. The van der Waals surface area contributed by atoms with E-state index >= 15 is 0 Å². The highest BCUT2D eigenvalue weighted by Crippen LogP contribution is 2.31. The van der Waals surface area contributed by atoms with Gasteiger partial charge in [-0.2, -0.15) is 0 Å². The number of benzene rings is 2. The van der Waals surface area contributed by atoms with Crippen LogP contribution in [0, 0.1) is 5.92 Å². The fraction of sp³-hybridized carbons (Fsp3) is 0.500. The van der Waals surface area contributed by atoms with Gasteiger partial charge in [0, 0.05) is 7.11 Å². The predicted molar refractivity (Wildman–Crippen MR) is 124 cm³/mol. The lowest BCUT2D eigenvalue weighted by atomic mass is 9.89. The Morgan fingerprint density at radius 1 is 1.06 bits per heavy atom. The lowest BCUT2D eigenvalue weighted by Gasteiger charge is -2.36. The van der Waals surface area contributed by atoms with Crippen molar-refractivity contribution in [2.24, 2.45) is 5.92 Å². The third kappa shape index (κ3) is 6.55. The molecule has 2 aromatic carbocycles. The molecule has 0 bridgehead atoms. The van der Waals surface area contributed by atoms with E-state index in [9.17, 15) is 9.90 Å². The second kappa shape index (κ2) is 10.8. The first kappa shape index (κ1) is 24.9. The van der Waals surface area contributed by atoms with Gasteiger partial charge in [0.1, 0.15) is 5.75 Å². The second-order valence-corrected chi connectivity index (χ2v) is 8.93. The Kier molecular flexibility index (Phi) is 8.66. The van der Waals surface area contributed by atoms with Crippen molar-refractivity contribution in [3.8, 4) is 5.75 Å². The first-order valence-electron chi connectivity index (χ1n) is 11.0. The maximum absolute atomic E-state index is 13.1. The van der Waals surface area contributed by atoms with Gasteiger partial charge in [-0.3, -0.25) is 4.79 Å². The smallest absolute Gasteiger partial charge is 0.256 e. The van der Waals surface area contributed by atoms with E-state index in [2.05, 4.69) is 19.2 Å². The van der Waals surface area contributed by atoms with E-state index < -0.39 is 23.2 Å². The Balaban J connectivity index is 2.20. The van der Waals surface area contributed by atoms with Gasteiger partial charge in [-0.25, -0.2) is 0 Å². The molecule has 0 saturated carbocycles. The van der Waals surface area contributed by atoms with E-state index in [1.807, 2.05) is 44.2 Å².